The maximum Gasteiger partial charge on any atom is 0.326 e. The van der Waals surface area contributed by atoms with Gasteiger partial charge in [0, 0.05) is 19.3 Å². The summed E-state index contributed by atoms with van der Waals surface area (Å²) in [5.74, 6) is -13.9. The van der Waals surface area contributed by atoms with Gasteiger partial charge in [-0.2, -0.15) is 0 Å². The molecule has 9 amide bonds. The molecular weight excluding hydrogens is 1000 g/mol. The lowest BCUT2D eigenvalue weighted by molar-refractivity contribution is -0.144. The van der Waals surface area contributed by atoms with Gasteiger partial charge in [0.1, 0.15) is 48.3 Å². The lowest BCUT2D eigenvalue weighted by atomic mass is 9.99. The number of amides is 9. The standard InChI is InChI=1S/C52H76N10O15/c1-27(2)22-36(58-45(69)33(53)24-31-14-10-8-11-15-31)49(73)56-34(18-20-40(54)63)46(70)59-37(23-28(3)4)50(74)57-35(19-21-41(64)65)47(71)60-38(25-32-16-12-9-13-17-32)51(75)61-39(26-42(66)67)48(72)55-30(7)44(68)62-43(29(5)6)52(76)77/h8-17,27-30,33-39,43H,18-26,53H2,1-7H3,(H2,54,63)(H,55,72)(H,56,73)(H,57,74)(H,58,69)(H,59,70)(H,60,71)(H,61,75)(H,62,68)(H,64,65)(H,66,67)(H,76,77)/t30-,33-,34-,35-,36-,37-,38-,39-,43-/m0/s1. The lowest BCUT2D eigenvalue weighted by Crippen LogP contribution is -2.61. The Morgan fingerprint density at radius 2 is 0.831 bits per heavy atom. The van der Waals surface area contributed by atoms with Crippen molar-refractivity contribution < 1.29 is 72.9 Å². The van der Waals surface area contributed by atoms with Crippen LogP contribution in [0.2, 0.25) is 0 Å². The van der Waals surface area contributed by atoms with Crippen molar-refractivity contribution in [2.45, 2.75) is 161 Å². The van der Waals surface area contributed by atoms with Gasteiger partial charge in [0.25, 0.3) is 0 Å². The first kappa shape index (κ1) is 65.2. The molecule has 0 bridgehead atoms. The van der Waals surface area contributed by atoms with Crippen molar-refractivity contribution in [2.75, 3.05) is 0 Å². The van der Waals surface area contributed by atoms with Crippen molar-refractivity contribution in [3.8, 4) is 0 Å². The van der Waals surface area contributed by atoms with Crippen LogP contribution in [0.15, 0.2) is 60.7 Å². The molecule has 0 unspecified atom stereocenters. The van der Waals surface area contributed by atoms with Gasteiger partial charge in [0.15, 0.2) is 0 Å². The fourth-order valence-corrected chi connectivity index (χ4v) is 7.71. The summed E-state index contributed by atoms with van der Waals surface area (Å²) < 4.78 is 0. The summed E-state index contributed by atoms with van der Waals surface area (Å²) in [7, 11) is 0. The minimum Gasteiger partial charge on any atom is -0.481 e. The van der Waals surface area contributed by atoms with E-state index in [0.29, 0.717) is 5.56 Å². The molecule has 0 aliphatic rings. The third kappa shape index (κ3) is 24.5. The Morgan fingerprint density at radius 3 is 1.26 bits per heavy atom. The topological polar surface area (TPSA) is 414 Å². The number of primary amides is 1. The molecule has 0 fully saturated rings. The normalized spacial score (nSPS) is 14.6. The van der Waals surface area contributed by atoms with Crippen molar-refractivity contribution in [1.82, 2.24) is 42.5 Å². The van der Waals surface area contributed by atoms with Crippen LogP contribution in [-0.2, 0) is 70.4 Å². The van der Waals surface area contributed by atoms with E-state index < -0.39 is 157 Å². The second kappa shape index (κ2) is 32.5. The Bertz CT molecular complexity index is 2370. The number of benzene rings is 2. The molecular formula is C52H76N10O15. The first-order chi connectivity index (χ1) is 36.1. The molecule has 2 rings (SSSR count). The number of nitrogens with two attached hydrogens (primary N) is 2. The highest BCUT2D eigenvalue weighted by Crippen LogP contribution is 2.13. The van der Waals surface area contributed by atoms with Crippen LogP contribution in [0, 0.1) is 17.8 Å². The van der Waals surface area contributed by atoms with Gasteiger partial charge in [-0.1, -0.05) is 102 Å². The third-order valence-electron chi connectivity index (χ3n) is 11.8. The summed E-state index contributed by atoms with van der Waals surface area (Å²) in [6, 6.07) is 3.80. The van der Waals surface area contributed by atoms with Crippen LogP contribution >= 0.6 is 0 Å². The van der Waals surface area contributed by atoms with Gasteiger partial charge in [0.05, 0.1) is 12.5 Å². The lowest BCUT2D eigenvalue weighted by Gasteiger charge is -2.28. The first-order valence-corrected chi connectivity index (χ1v) is 25.3. The molecule has 2 aromatic rings. The molecule has 15 N–H and O–H groups in total. The van der Waals surface area contributed by atoms with Gasteiger partial charge in [-0.05, 0) is 67.9 Å². The van der Waals surface area contributed by atoms with E-state index in [1.807, 2.05) is 0 Å². The van der Waals surface area contributed by atoms with Crippen LogP contribution in [-0.4, -0.2) is 141 Å². The summed E-state index contributed by atoms with van der Waals surface area (Å²) in [5, 5.41) is 48.4. The molecule has 25 nitrogen and oxygen atoms in total. The van der Waals surface area contributed by atoms with E-state index in [1.54, 1.807) is 88.4 Å². The monoisotopic (exact) mass is 1080 g/mol. The van der Waals surface area contributed by atoms with Crippen molar-refractivity contribution in [1.29, 1.82) is 0 Å². The number of aliphatic carboxylic acids is 3. The summed E-state index contributed by atoms with van der Waals surface area (Å²) in [5.41, 5.74) is 12.8. The third-order valence-corrected chi connectivity index (χ3v) is 11.8. The van der Waals surface area contributed by atoms with Gasteiger partial charge < -0.3 is 69.3 Å². The van der Waals surface area contributed by atoms with Crippen LogP contribution in [0.25, 0.3) is 0 Å². The Balaban J connectivity index is 2.45. The van der Waals surface area contributed by atoms with E-state index in [2.05, 4.69) is 42.5 Å². The van der Waals surface area contributed by atoms with Crippen molar-refractivity contribution in [2.24, 2.45) is 29.2 Å². The molecule has 2 aromatic carbocycles. The fraction of sp³-hybridized carbons (Fsp3) is 0.538. The van der Waals surface area contributed by atoms with Gasteiger partial charge in [-0.25, -0.2) is 4.79 Å². The van der Waals surface area contributed by atoms with Gasteiger partial charge in [0.2, 0.25) is 53.2 Å². The molecule has 0 aliphatic heterocycles. The molecule has 25 heteroatoms. The Kier molecular flexibility index (Phi) is 27.5. The highest BCUT2D eigenvalue weighted by atomic mass is 16.4. The van der Waals surface area contributed by atoms with E-state index in [1.165, 1.54) is 20.8 Å². The largest absolute Gasteiger partial charge is 0.481 e. The number of carboxylic acid groups (broad SMARTS) is 3. The summed E-state index contributed by atoms with van der Waals surface area (Å²) in [4.78, 5) is 158. The maximum absolute atomic E-state index is 14.2. The van der Waals surface area contributed by atoms with E-state index in [9.17, 15) is 72.9 Å². The quantitative estimate of drug-likeness (QED) is 0.0405. The number of hydrogen-bond donors (Lipinski definition) is 13. The van der Waals surface area contributed by atoms with Crippen LogP contribution in [0.3, 0.4) is 0 Å². The smallest absolute Gasteiger partial charge is 0.326 e. The second-order valence-corrected chi connectivity index (χ2v) is 19.9. The molecule has 424 valence electrons. The molecule has 0 heterocycles. The molecule has 0 saturated heterocycles. The summed E-state index contributed by atoms with van der Waals surface area (Å²) >= 11 is 0. The molecule has 9 atom stereocenters. The minimum atomic E-state index is -1.87. The number of carbonyl (C=O) groups excluding carboxylic acids is 9. The molecule has 0 spiro atoms. The highest BCUT2D eigenvalue weighted by molar-refractivity contribution is 5.99. The highest BCUT2D eigenvalue weighted by Gasteiger charge is 2.36. The Hall–Kier alpha value is -7.96. The SMILES string of the molecule is CC(C)C[C@H](NC(=O)[C@H](CCC(N)=O)NC(=O)[C@H](CC(C)C)NC(=O)[C@@H](N)Cc1ccccc1)C(=O)N[C@@H](CCC(=O)O)C(=O)N[C@@H](Cc1ccccc1)C(=O)N[C@@H](CC(=O)O)C(=O)N[C@@H](C)C(=O)N[C@H](C(=O)O)C(C)C. The van der Waals surface area contributed by atoms with Crippen LogP contribution in [0.1, 0.15) is 105 Å². The van der Waals surface area contributed by atoms with E-state index >= 15 is 0 Å². The van der Waals surface area contributed by atoms with Crippen molar-refractivity contribution in [3.05, 3.63) is 71.8 Å². The molecule has 0 aliphatic carbocycles. The average molecular weight is 1080 g/mol. The van der Waals surface area contributed by atoms with Crippen LogP contribution in [0.4, 0.5) is 0 Å². The minimum absolute atomic E-state index is 0.0864. The number of carbonyl (C=O) groups is 12. The zero-order valence-corrected chi connectivity index (χ0v) is 44.5. The Morgan fingerprint density at radius 1 is 0.442 bits per heavy atom. The molecule has 0 aromatic heterocycles. The van der Waals surface area contributed by atoms with Gasteiger partial charge in [-0.3, -0.25) is 52.7 Å². The first-order valence-electron chi connectivity index (χ1n) is 25.3. The van der Waals surface area contributed by atoms with E-state index in [0.717, 1.165) is 5.56 Å². The summed E-state index contributed by atoms with van der Waals surface area (Å²) in [6.07, 6.45) is -3.13. The zero-order valence-electron chi connectivity index (χ0n) is 44.5. The predicted molar refractivity (Wildman–Crippen MR) is 278 cm³/mol. The van der Waals surface area contributed by atoms with Crippen molar-refractivity contribution in [3.63, 3.8) is 0 Å². The van der Waals surface area contributed by atoms with Crippen LogP contribution in [0.5, 0.6) is 0 Å². The number of rotatable bonds is 34. The average Bonchev–Trinajstić information content (AvgIpc) is 3.34. The number of hydrogen-bond acceptors (Lipinski definition) is 13. The number of nitrogens with one attached hydrogen (secondary N) is 8. The predicted octanol–water partition coefficient (Wildman–Crippen LogP) is -0.865. The summed E-state index contributed by atoms with van der Waals surface area (Å²) in [6.45, 7) is 11.3. The van der Waals surface area contributed by atoms with Crippen molar-refractivity contribution >= 4 is 71.1 Å². The molecule has 77 heavy (non-hydrogen) atoms. The Labute approximate surface area is 446 Å². The number of carboxylic acids is 3. The molecule has 0 radical (unpaired) electrons. The van der Waals surface area contributed by atoms with Gasteiger partial charge in [-0.15, -0.1) is 0 Å². The van der Waals surface area contributed by atoms with Gasteiger partial charge >= 0.3 is 17.9 Å². The second-order valence-electron chi connectivity index (χ2n) is 19.9. The maximum atomic E-state index is 14.2. The zero-order chi connectivity index (χ0) is 58.1. The van der Waals surface area contributed by atoms with Crippen LogP contribution < -0.4 is 54.0 Å². The van der Waals surface area contributed by atoms with E-state index in [-0.39, 0.29) is 43.9 Å². The van der Waals surface area contributed by atoms with E-state index in [4.69, 9.17) is 11.5 Å². The fourth-order valence-electron chi connectivity index (χ4n) is 7.71. The molecule has 0 saturated carbocycles.